The molecule has 0 aromatic carbocycles. The molecular formula is C12H19N3O2S. The maximum absolute atomic E-state index is 10.6. The van der Waals surface area contributed by atoms with Crippen LogP contribution in [0.2, 0.25) is 0 Å². The molecule has 0 amide bonds. The largest absolute Gasteiger partial charge is 0.481 e. The van der Waals surface area contributed by atoms with E-state index >= 15 is 0 Å². The van der Waals surface area contributed by atoms with Gasteiger partial charge >= 0.3 is 5.97 Å². The zero-order valence-electron chi connectivity index (χ0n) is 10.7. The lowest BCUT2D eigenvalue weighted by Gasteiger charge is -2.32. The Balaban J connectivity index is 2.08. The molecule has 2 atom stereocenters. The second-order valence-corrected chi connectivity index (χ2v) is 6.22. The van der Waals surface area contributed by atoms with Crippen molar-refractivity contribution in [1.29, 1.82) is 0 Å². The third-order valence-electron chi connectivity index (χ3n) is 3.41. The van der Waals surface area contributed by atoms with Gasteiger partial charge in [0, 0.05) is 6.04 Å². The van der Waals surface area contributed by atoms with E-state index in [1.807, 2.05) is 0 Å². The molecule has 6 heteroatoms. The topological polar surface area (TPSA) is 68.0 Å². The fourth-order valence-corrected chi connectivity index (χ4v) is 3.55. The van der Waals surface area contributed by atoms with Gasteiger partial charge in [-0.1, -0.05) is 25.6 Å². The predicted octanol–water partition coefficient (Wildman–Crippen LogP) is 2.45. The lowest BCUT2D eigenvalue weighted by molar-refractivity contribution is -0.133. The van der Waals surface area contributed by atoms with Crippen molar-refractivity contribution in [3.8, 4) is 0 Å². The Hall–Kier alpha value is -1.04. The van der Waals surface area contributed by atoms with Gasteiger partial charge in [-0.05, 0) is 31.1 Å². The molecule has 5 nitrogen and oxygen atoms in total. The first-order valence-electron chi connectivity index (χ1n) is 6.30. The van der Waals surface area contributed by atoms with Gasteiger partial charge in [0.1, 0.15) is 6.33 Å². The van der Waals surface area contributed by atoms with Crippen LogP contribution in [0.25, 0.3) is 0 Å². The van der Waals surface area contributed by atoms with E-state index in [1.54, 1.807) is 6.33 Å². The first-order chi connectivity index (χ1) is 8.56. The van der Waals surface area contributed by atoms with E-state index in [1.165, 1.54) is 18.2 Å². The molecular weight excluding hydrogens is 250 g/mol. The van der Waals surface area contributed by atoms with Gasteiger partial charge in [-0.25, -0.2) is 0 Å². The molecule has 0 bridgehead atoms. The molecule has 2 rings (SSSR count). The molecule has 18 heavy (non-hydrogen) atoms. The Bertz CT molecular complexity index is 411. The van der Waals surface area contributed by atoms with Gasteiger partial charge in [0.15, 0.2) is 5.16 Å². The van der Waals surface area contributed by atoms with Crippen LogP contribution in [0.4, 0.5) is 0 Å². The molecule has 1 saturated carbocycles. The summed E-state index contributed by atoms with van der Waals surface area (Å²) in [6, 6.07) is 0.412. The van der Waals surface area contributed by atoms with Gasteiger partial charge in [0.2, 0.25) is 0 Å². The van der Waals surface area contributed by atoms with Gasteiger partial charge in [0.05, 0.1) is 5.75 Å². The summed E-state index contributed by atoms with van der Waals surface area (Å²) in [6.07, 6.45) is 5.27. The number of nitrogens with zero attached hydrogens (tertiary/aromatic N) is 3. The lowest BCUT2D eigenvalue weighted by atomic mass is 9.80. The van der Waals surface area contributed by atoms with Crippen LogP contribution in [0.1, 0.15) is 39.2 Å². The number of rotatable bonds is 4. The van der Waals surface area contributed by atoms with Crippen molar-refractivity contribution in [1.82, 2.24) is 14.8 Å². The van der Waals surface area contributed by atoms with Gasteiger partial charge in [-0.2, -0.15) is 0 Å². The molecule has 2 unspecified atom stereocenters. The van der Waals surface area contributed by atoms with E-state index < -0.39 is 5.97 Å². The summed E-state index contributed by atoms with van der Waals surface area (Å²) < 4.78 is 2.06. The second-order valence-electron chi connectivity index (χ2n) is 5.27. The monoisotopic (exact) mass is 269 g/mol. The third-order valence-corrected chi connectivity index (χ3v) is 4.35. The summed E-state index contributed by atoms with van der Waals surface area (Å²) in [5.41, 5.74) is 0. The summed E-state index contributed by atoms with van der Waals surface area (Å²) in [6.45, 7) is 4.55. The van der Waals surface area contributed by atoms with Crippen LogP contribution >= 0.6 is 11.8 Å². The highest BCUT2D eigenvalue weighted by atomic mass is 32.2. The predicted molar refractivity (Wildman–Crippen MR) is 69.6 cm³/mol. The molecule has 1 aromatic rings. The normalized spacial score (nSPS) is 28.2. The SMILES string of the molecule is CC1CC(C)CC(n2cnnc2SCC(=O)O)C1. The number of carboxylic acids is 1. The van der Waals surface area contributed by atoms with Gasteiger partial charge in [0.25, 0.3) is 0 Å². The number of aliphatic carboxylic acids is 1. The zero-order chi connectivity index (χ0) is 13.1. The minimum atomic E-state index is -0.820. The van der Waals surface area contributed by atoms with Crippen molar-refractivity contribution in [2.45, 2.75) is 44.3 Å². The molecule has 1 aliphatic rings. The van der Waals surface area contributed by atoms with Crippen LogP contribution in [-0.4, -0.2) is 31.6 Å². The van der Waals surface area contributed by atoms with Crippen molar-refractivity contribution in [3.05, 3.63) is 6.33 Å². The lowest BCUT2D eigenvalue weighted by Crippen LogP contribution is -2.22. The number of thioether (sulfide) groups is 1. The molecule has 1 aliphatic carbocycles. The smallest absolute Gasteiger partial charge is 0.313 e. The maximum Gasteiger partial charge on any atom is 0.313 e. The Morgan fingerprint density at radius 1 is 1.44 bits per heavy atom. The number of hydrogen-bond acceptors (Lipinski definition) is 4. The first kappa shape index (κ1) is 13.4. The zero-order valence-corrected chi connectivity index (χ0v) is 11.6. The maximum atomic E-state index is 10.6. The minimum absolute atomic E-state index is 0.0382. The van der Waals surface area contributed by atoms with Crippen molar-refractivity contribution in [2.24, 2.45) is 11.8 Å². The third kappa shape index (κ3) is 3.25. The molecule has 0 spiro atoms. The Morgan fingerprint density at radius 3 is 2.72 bits per heavy atom. The number of aromatic nitrogens is 3. The van der Waals surface area contributed by atoms with Crippen molar-refractivity contribution in [2.75, 3.05) is 5.75 Å². The van der Waals surface area contributed by atoms with Gasteiger partial charge in [-0.15, -0.1) is 10.2 Å². The summed E-state index contributed by atoms with van der Waals surface area (Å²) in [4.78, 5) is 10.6. The minimum Gasteiger partial charge on any atom is -0.481 e. The highest BCUT2D eigenvalue weighted by Crippen LogP contribution is 2.37. The first-order valence-corrected chi connectivity index (χ1v) is 7.29. The van der Waals surface area contributed by atoms with Crippen molar-refractivity contribution >= 4 is 17.7 Å². The summed E-state index contributed by atoms with van der Waals surface area (Å²) >= 11 is 1.25. The summed E-state index contributed by atoms with van der Waals surface area (Å²) in [7, 11) is 0. The Kier molecular flexibility index (Phi) is 4.27. The van der Waals surface area contributed by atoms with Crippen LogP contribution < -0.4 is 0 Å². The molecule has 0 aliphatic heterocycles. The average Bonchev–Trinajstić information content (AvgIpc) is 2.72. The fraction of sp³-hybridized carbons (Fsp3) is 0.750. The molecule has 1 aromatic heterocycles. The van der Waals surface area contributed by atoms with Crippen molar-refractivity contribution < 1.29 is 9.90 Å². The summed E-state index contributed by atoms with van der Waals surface area (Å²) in [5, 5.41) is 17.4. The standard InChI is InChI=1S/C12H19N3O2S/c1-8-3-9(2)5-10(4-8)15-7-13-14-12(15)18-6-11(16)17/h7-10H,3-6H2,1-2H3,(H,16,17). The molecule has 1 N–H and O–H groups in total. The van der Waals surface area contributed by atoms with Gasteiger partial charge in [-0.3, -0.25) is 4.79 Å². The van der Waals surface area contributed by atoms with Gasteiger partial charge < -0.3 is 9.67 Å². The Labute approximate surface area is 111 Å². The van der Waals surface area contributed by atoms with E-state index in [9.17, 15) is 4.79 Å². The summed E-state index contributed by atoms with van der Waals surface area (Å²) in [5.74, 6) is 0.633. The van der Waals surface area contributed by atoms with Crippen LogP contribution in [0.15, 0.2) is 11.5 Å². The molecule has 100 valence electrons. The quantitative estimate of drug-likeness (QED) is 0.850. The fourth-order valence-electron chi connectivity index (χ4n) is 2.84. The van der Waals surface area contributed by atoms with Crippen LogP contribution in [0.5, 0.6) is 0 Å². The van der Waals surface area contributed by atoms with E-state index in [0.717, 1.165) is 18.0 Å². The van der Waals surface area contributed by atoms with Crippen LogP contribution in [0, 0.1) is 11.8 Å². The van der Waals surface area contributed by atoms with E-state index in [2.05, 4.69) is 28.6 Å². The van der Waals surface area contributed by atoms with Crippen molar-refractivity contribution in [3.63, 3.8) is 0 Å². The van der Waals surface area contributed by atoms with Crippen LogP contribution in [0.3, 0.4) is 0 Å². The van der Waals surface area contributed by atoms with E-state index in [-0.39, 0.29) is 5.75 Å². The molecule has 1 heterocycles. The molecule has 1 fully saturated rings. The number of carboxylic acid groups (broad SMARTS) is 1. The highest BCUT2D eigenvalue weighted by molar-refractivity contribution is 7.99. The van der Waals surface area contributed by atoms with Crippen LogP contribution in [-0.2, 0) is 4.79 Å². The van der Waals surface area contributed by atoms with E-state index in [4.69, 9.17) is 5.11 Å². The highest BCUT2D eigenvalue weighted by Gasteiger charge is 2.26. The average molecular weight is 269 g/mol. The number of hydrogen-bond donors (Lipinski definition) is 1. The number of carbonyl (C=O) groups is 1. The molecule has 0 radical (unpaired) electrons. The Morgan fingerprint density at radius 2 is 2.11 bits per heavy atom. The molecule has 0 saturated heterocycles. The second kappa shape index (κ2) is 5.73. The van der Waals surface area contributed by atoms with E-state index in [0.29, 0.717) is 17.9 Å².